The van der Waals surface area contributed by atoms with E-state index in [1.165, 1.54) is 0 Å². The molecule has 0 radical (unpaired) electrons. The van der Waals surface area contributed by atoms with E-state index in [2.05, 4.69) is 26.2 Å². The van der Waals surface area contributed by atoms with Crippen LogP contribution in [0.3, 0.4) is 0 Å². The van der Waals surface area contributed by atoms with Crippen molar-refractivity contribution in [2.75, 3.05) is 26.2 Å². The van der Waals surface area contributed by atoms with Crippen LogP contribution in [0, 0.1) is 5.82 Å². The Balaban J connectivity index is 2.21. The fourth-order valence-corrected chi connectivity index (χ4v) is 3.17. The number of imidazole rings is 1. The molecule has 0 atom stereocenters. The van der Waals surface area contributed by atoms with Gasteiger partial charge in [-0.3, -0.25) is 4.79 Å². The van der Waals surface area contributed by atoms with Crippen molar-refractivity contribution in [1.82, 2.24) is 19.8 Å². The molecule has 21 heavy (non-hydrogen) atoms. The first-order valence-electron chi connectivity index (χ1n) is 6.50. The van der Waals surface area contributed by atoms with Crippen LogP contribution in [0.1, 0.15) is 10.4 Å². The number of piperazine rings is 1. The summed E-state index contributed by atoms with van der Waals surface area (Å²) in [6, 6.07) is 0. The van der Waals surface area contributed by atoms with Crippen molar-refractivity contribution in [3.8, 4) is 0 Å². The highest BCUT2D eigenvalue weighted by atomic mass is 79.9. The number of halogens is 3. The highest BCUT2D eigenvalue weighted by molar-refractivity contribution is 9.10. The molecule has 1 saturated heterocycles. The second kappa shape index (κ2) is 5.55. The van der Waals surface area contributed by atoms with Gasteiger partial charge in [-0.25, -0.2) is 9.37 Å². The Hall–Kier alpha value is -1.18. The molecule has 0 bridgehead atoms. The monoisotopic (exact) mass is 374 g/mol. The summed E-state index contributed by atoms with van der Waals surface area (Å²) in [5.41, 5.74) is 0.926. The maximum atomic E-state index is 14.6. The molecular formula is C13H13BrClFN4O. The van der Waals surface area contributed by atoms with Crippen molar-refractivity contribution in [1.29, 1.82) is 0 Å². The van der Waals surface area contributed by atoms with Crippen LogP contribution in [0.15, 0.2) is 10.8 Å². The van der Waals surface area contributed by atoms with Crippen LogP contribution >= 0.6 is 27.5 Å². The first-order valence-corrected chi connectivity index (χ1v) is 7.67. The van der Waals surface area contributed by atoms with E-state index in [9.17, 15) is 9.18 Å². The topological polar surface area (TPSA) is 50.2 Å². The SMILES string of the molecule is Cn1cnc2c(Br)c(Cl)c(F)c(C(=O)N3CCNCC3)c21. The van der Waals surface area contributed by atoms with Gasteiger partial charge in [0, 0.05) is 33.2 Å². The molecule has 1 aliphatic rings. The predicted octanol–water partition coefficient (Wildman–Crippen LogP) is 2.17. The van der Waals surface area contributed by atoms with Gasteiger partial charge < -0.3 is 14.8 Å². The Labute approximate surface area is 134 Å². The average molecular weight is 376 g/mol. The third-order valence-corrected chi connectivity index (χ3v) is 4.96. The number of rotatable bonds is 1. The van der Waals surface area contributed by atoms with Crippen LogP contribution < -0.4 is 5.32 Å². The second-order valence-corrected chi connectivity index (χ2v) is 6.08. The Morgan fingerprint density at radius 2 is 2.14 bits per heavy atom. The van der Waals surface area contributed by atoms with Crippen molar-refractivity contribution < 1.29 is 9.18 Å². The first-order chi connectivity index (χ1) is 10.0. The van der Waals surface area contributed by atoms with Crippen LogP contribution in [-0.2, 0) is 7.05 Å². The number of amides is 1. The average Bonchev–Trinajstić information content (AvgIpc) is 2.88. The number of aromatic nitrogens is 2. The van der Waals surface area contributed by atoms with Crippen molar-refractivity contribution >= 4 is 44.5 Å². The van der Waals surface area contributed by atoms with E-state index >= 15 is 0 Å². The van der Waals surface area contributed by atoms with Gasteiger partial charge in [0.1, 0.15) is 11.1 Å². The van der Waals surface area contributed by atoms with Crippen molar-refractivity contribution in [2.45, 2.75) is 0 Å². The number of hydrogen-bond acceptors (Lipinski definition) is 3. The summed E-state index contributed by atoms with van der Waals surface area (Å²) >= 11 is 9.24. The van der Waals surface area contributed by atoms with Gasteiger partial charge in [-0.15, -0.1) is 0 Å². The Kier molecular flexibility index (Phi) is 3.90. The standard InChI is InChI=1S/C13H13BrClFN4O/c1-19-6-18-11-8(14)9(15)10(16)7(12(11)19)13(21)20-4-2-17-3-5-20/h6,17H,2-5H2,1H3. The molecule has 2 heterocycles. The molecule has 8 heteroatoms. The fraction of sp³-hybridized carbons (Fsp3) is 0.385. The molecule has 0 aliphatic carbocycles. The predicted molar refractivity (Wildman–Crippen MR) is 82.2 cm³/mol. The summed E-state index contributed by atoms with van der Waals surface area (Å²) < 4.78 is 16.6. The van der Waals surface area contributed by atoms with Crippen LogP contribution in [0.4, 0.5) is 4.39 Å². The Morgan fingerprint density at radius 3 is 2.81 bits per heavy atom. The molecule has 1 N–H and O–H groups in total. The number of carbonyl (C=O) groups excluding carboxylic acids is 1. The van der Waals surface area contributed by atoms with E-state index < -0.39 is 5.82 Å². The molecule has 1 amide bonds. The fourth-order valence-electron chi connectivity index (χ4n) is 2.52. The summed E-state index contributed by atoms with van der Waals surface area (Å²) in [5, 5.41) is 3.05. The molecule has 112 valence electrons. The molecule has 0 unspecified atom stereocenters. The molecular weight excluding hydrogens is 363 g/mol. The molecule has 5 nitrogen and oxygen atoms in total. The molecule has 3 rings (SSSR count). The summed E-state index contributed by atoms with van der Waals surface area (Å²) in [5.74, 6) is -1.06. The Bertz CT molecular complexity index is 727. The highest BCUT2D eigenvalue weighted by Gasteiger charge is 2.28. The smallest absolute Gasteiger partial charge is 0.259 e. The number of aryl methyl sites for hydroxylation is 1. The number of hydrogen-bond donors (Lipinski definition) is 1. The Morgan fingerprint density at radius 1 is 1.48 bits per heavy atom. The summed E-state index contributed by atoms with van der Waals surface area (Å²) in [4.78, 5) is 18.5. The number of fused-ring (bicyclic) bond motifs is 1. The van der Waals surface area contributed by atoms with Gasteiger partial charge in [0.15, 0.2) is 5.82 Å². The normalized spacial score (nSPS) is 15.7. The highest BCUT2D eigenvalue weighted by Crippen LogP contribution is 2.36. The summed E-state index contributed by atoms with van der Waals surface area (Å²) in [6.45, 7) is 2.49. The number of benzene rings is 1. The lowest BCUT2D eigenvalue weighted by Crippen LogP contribution is -2.46. The maximum absolute atomic E-state index is 14.6. The van der Waals surface area contributed by atoms with Crippen LogP contribution in [0.2, 0.25) is 5.02 Å². The van der Waals surface area contributed by atoms with Crippen molar-refractivity contribution in [3.63, 3.8) is 0 Å². The molecule has 1 aromatic heterocycles. The molecule has 1 aliphatic heterocycles. The first kappa shape index (κ1) is 14.7. The van der Waals surface area contributed by atoms with Gasteiger partial charge in [0.05, 0.1) is 21.3 Å². The van der Waals surface area contributed by atoms with E-state index in [4.69, 9.17) is 11.6 Å². The zero-order chi connectivity index (χ0) is 15.1. The van der Waals surface area contributed by atoms with Gasteiger partial charge in [-0.05, 0) is 15.9 Å². The number of nitrogens with zero attached hydrogens (tertiary/aromatic N) is 3. The third-order valence-electron chi connectivity index (χ3n) is 3.60. The van der Waals surface area contributed by atoms with E-state index in [1.807, 2.05) is 0 Å². The van der Waals surface area contributed by atoms with Crippen LogP contribution in [0.5, 0.6) is 0 Å². The molecule has 1 fully saturated rings. The van der Waals surface area contributed by atoms with Crippen molar-refractivity contribution in [3.05, 3.63) is 27.2 Å². The molecule has 0 spiro atoms. The lowest BCUT2D eigenvalue weighted by molar-refractivity contribution is 0.0733. The second-order valence-electron chi connectivity index (χ2n) is 4.91. The van der Waals surface area contributed by atoms with Gasteiger partial charge in [-0.1, -0.05) is 11.6 Å². The largest absolute Gasteiger partial charge is 0.336 e. The van der Waals surface area contributed by atoms with E-state index in [-0.39, 0.29) is 16.5 Å². The van der Waals surface area contributed by atoms with E-state index in [0.717, 1.165) is 0 Å². The van der Waals surface area contributed by atoms with Crippen molar-refractivity contribution in [2.24, 2.45) is 7.05 Å². The lowest BCUT2D eigenvalue weighted by atomic mass is 10.1. The zero-order valence-corrected chi connectivity index (χ0v) is 13.6. The van der Waals surface area contributed by atoms with E-state index in [1.54, 1.807) is 22.8 Å². The van der Waals surface area contributed by atoms with Crippen LogP contribution in [-0.4, -0.2) is 46.5 Å². The minimum atomic E-state index is -0.705. The lowest BCUT2D eigenvalue weighted by Gasteiger charge is -2.28. The van der Waals surface area contributed by atoms with Gasteiger partial charge in [0.2, 0.25) is 0 Å². The van der Waals surface area contributed by atoms with Gasteiger partial charge >= 0.3 is 0 Å². The zero-order valence-electron chi connectivity index (χ0n) is 11.3. The maximum Gasteiger partial charge on any atom is 0.259 e. The van der Waals surface area contributed by atoms with Gasteiger partial charge in [-0.2, -0.15) is 0 Å². The quantitative estimate of drug-likeness (QED) is 0.777. The van der Waals surface area contributed by atoms with E-state index in [0.29, 0.717) is 41.7 Å². The summed E-state index contributed by atoms with van der Waals surface area (Å²) in [6.07, 6.45) is 1.54. The van der Waals surface area contributed by atoms with Crippen LogP contribution in [0.25, 0.3) is 11.0 Å². The third kappa shape index (κ3) is 2.33. The minimum absolute atomic E-state index is 0.0138. The molecule has 1 aromatic carbocycles. The summed E-state index contributed by atoms with van der Waals surface area (Å²) in [7, 11) is 1.73. The van der Waals surface area contributed by atoms with Gasteiger partial charge in [0.25, 0.3) is 5.91 Å². The minimum Gasteiger partial charge on any atom is -0.336 e. The molecule has 0 saturated carbocycles. The molecule has 2 aromatic rings. The number of nitrogens with one attached hydrogen (secondary N) is 1. The number of carbonyl (C=O) groups is 1.